The quantitative estimate of drug-likeness (QED) is 0.889. The van der Waals surface area contributed by atoms with Gasteiger partial charge in [-0.2, -0.15) is 0 Å². The van der Waals surface area contributed by atoms with E-state index in [1.807, 2.05) is 0 Å². The normalized spacial score (nSPS) is 15.1. The lowest BCUT2D eigenvalue weighted by Crippen LogP contribution is -2.45. The average molecular weight is 348 g/mol. The highest BCUT2D eigenvalue weighted by Crippen LogP contribution is 2.15. The van der Waals surface area contributed by atoms with Crippen LogP contribution >= 0.6 is 0 Å². The van der Waals surface area contributed by atoms with Crippen molar-refractivity contribution in [2.24, 2.45) is 0 Å². The van der Waals surface area contributed by atoms with E-state index < -0.39 is 17.7 Å². The van der Waals surface area contributed by atoms with Crippen molar-refractivity contribution >= 4 is 23.4 Å². The number of rotatable bonds is 3. The second-order valence-corrected chi connectivity index (χ2v) is 5.80. The zero-order chi connectivity index (χ0) is 17.8. The van der Waals surface area contributed by atoms with Crippen molar-refractivity contribution in [1.29, 1.82) is 0 Å². The van der Waals surface area contributed by atoms with Crippen LogP contribution < -0.4 is 15.5 Å². The van der Waals surface area contributed by atoms with E-state index >= 15 is 0 Å². The lowest BCUT2D eigenvalue weighted by atomic mass is 10.3. The molecule has 1 saturated heterocycles. The molecule has 0 unspecified atom stereocenters. The van der Waals surface area contributed by atoms with Gasteiger partial charge in [0.15, 0.2) is 0 Å². The van der Waals surface area contributed by atoms with E-state index in [0.717, 1.165) is 44.4 Å². The summed E-state index contributed by atoms with van der Waals surface area (Å²) in [6.07, 6.45) is 2.98. The molecule has 132 valence electrons. The molecule has 1 aliphatic heterocycles. The molecule has 7 nitrogen and oxygen atoms in total. The maximum atomic E-state index is 13.1. The molecule has 0 spiro atoms. The van der Waals surface area contributed by atoms with Crippen molar-refractivity contribution < 1.29 is 13.6 Å². The second kappa shape index (κ2) is 7.39. The van der Waals surface area contributed by atoms with E-state index in [4.69, 9.17) is 0 Å². The summed E-state index contributed by atoms with van der Waals surface area (Å²) in [7, 11) is 2.06. The number of carbonyl (C=O) groups is 1. The monoisotopic (exact) mass is 348 g/mol. The van der Waals surface area contributed by atoms with Crippen LogP contribution in [0.1, 0.15) is 0 Å². The van der Waals surface area contributed by atoms with Crippen molar-refractivity contribution in [1.82, 2.24) is 14.9 Å². The highest BCUT2D eigenvalue weighted by Gasteiger charge is 2.16. The van der Waals surface area contributed by atoms with E-state index in [-0.39, 0.29) is 5.69 Å². The Balaban J connectivity index is 1.58. The van der Waals surface area contributed by atoms with Gasteiger partial charge in [0.1, 0.15) is 11.6 Å². The topological polar surface area (TPSA) is 73.4 Å². The van der Waals surface area contributed by atoms with Gasteiger partial charge < -0.3 is 20.4 Å². The van der Waals surface area contributed by atoms with Crippen LogP contribution in [0, 0.1) is 11.6 Å². The lowest BCUT2D eigenvalue weighted by molar-refractivity contribution is 0.262. The van der Waals surface area contributed by atoms with Gasteiger partial charge in [0.25, 0.3) is 0 Å². The molecule has 9 heteroatoms. The lowest BCUT2D eigenvalue weighted by Gasteiger charge is -2.32. The molecule has 0 bridgehead atoms. The van der Waals surface area contributed by atoms with Crippen molar-refractivity contribution in [3.8, 4) is 0 Å². The third-order valence-electron chi connectivity index (χ3n) is 3.80. The molecule has 25 heavy (non-hydrogen) atoms. The van der Waals surface area contributed by atoms with Gasteiger partial charge in [-0.05, 0) is 19.2 Å². The Morgan fingerprint density at radius 2 is 1.52 bits per heavy atom. The number of urea groups is 1. The van der Waals surface area contributed by atoms with Gasteiger partial charge in [0.2, 0.25) is 5.95 Å². The number of hydrogen-bond acceptors (Lipinski definition) is 5. The Kier molecular flexibility index (Phi) is 5.03. The number of piperazine rings is 1. The Morgan fingerprint density at radius 1 is 0.960 bits per heavy atom. The van der Waals surface area contributed by atoms with Gasteiger partial charge in [-0.25, -0.2) is 23.5 Å². The second-order valence-electron chi connectivity index (χ2n) is 5.80. The summed E-state index contributed by atoms with van der Waals surface area (Å²) in [5.41, 5.74) is 0.400. The van der Waals surface area contributed by atoms with Crippen LogP contribution in [-0.2, 0) is 0 Å². The first-order valence-electron chi connectivity index (χ1n) is 7.79. The molecule has 3 rings (SSSR count). The van der Waals surface area contributed by atoms with Gasteiger partial charge in [-0.15, -0.1) is 0 Å². The summed E-state index contributed by atoms with van der Waals surface area (Å²) in [4.78, 5) is 24.7. The van der Waals surface area contributed by atoms with Gasteiger partial charge in [-0.1, -0.05) is 0 Å². The van der Waals surface area contributed by atoms with E-state index in [1.165, 1.54) is 12.4 Å². The Morgan fingerprint density at radius 3 is 2.12 bits per heavy atom. The standard InChI is InChI=1S/C16H18F2N6O/c1-23-2-4-24(5-3-23)15-19-9-14(10-20-15)22-16(25)21-13-7-11(17)6-12(18)8-13/h6-10H,2-5H2,1H3,(H2,21,22,25). The maximum absolute atomic E-state index is 13.1. The maximum Gasteiger partial charge on any atom is 0.323 e. The number of hydrogen-bond donors (Lipinski definition) is 2. The van der Waals surface area contributed by atoms with Crippen LogP contribution in [-0.4, -0.2) is 54.1 Å². The summed E-state index contributed by atoms with van der Waals surface area (Å²) < 4.78 is 26.2. The largest absolute Gasteiger partial charge is 0.338 e. The molecule has 0 saturated carbocycles. The number of aromatic nitrogens is 2. The molecule has 0 radical (unpaired) electrons. The highest BCUT2D eigenvalue weighted by atomic mass is 19.1. The summed E-state index contributed by atoms with van der Waals surface area (Å²) in [5, 5.41) is 4.87. The Labute approximate surface area is 143 Å². The first kappa shape index (κ1) is 17.0. The molecule has 2 heterocycles. The molecule has 1 aliphatic rings. The zero-order valence-electron chi connectivity index (χ0n) is 13.7. The van der Waals surface area contributed by atoms with Crippen molar-refractivity contribution in [3.63, 3.8) is 0 Å². The molecule has 1 aromatic heterocycles. The number of anilines is 3. The van der Waals surface area contributed by atoms with Crippen LogP contribution in [0.2, 0.25) is 0 Å². The predicted molar refractivity (Wildman–Crippen MR) is 90.7 cm³/mol. The summed E-state index contributed by atoms with van der Waals surface area (Å²) in [6, 6.07) is 2.14. The third-order valence-corrected chi connectivity index (χ3v) is 3.80. The van der Waals surface area contributed by atoms with Crippen LogP contribution in [0.3, 0.4) is 0 Å². The average Bonchev–Trinajstić information content (AvgIpc) is 2.55. The molecule has 2 aromatic rings. The molecule has 1 aromatic carbocycles. The van der Waals surface area contributed by atoms with Crippen LogP contribution in [0.5, 0.6) is 0 Å². The smallest absolute Gasteiger partial charge is 0.323 e. The van der Waals surface area contributed by atoms with Crippen LogP contribution in [0.25, 0.3) is 0 Å². The molecule has 2 N–H and O–H groups in total. The fourth-order valence-corrected chi connectivity index (χ4v) is 2.47. The number of likely N-dealkylation sites (N-methyl/N-ethyl adjacent to an activating group) is 1. The molecule has 2 amide bonds. The molecular weight excluding hydrogens is 330 g/mol. The van der Waals surface area contributed by atoms with Gasteiger partial charge in [0.05, 0.1) is 18.1 Å². The number of halogens is 2. The Hall–Kier alpha value is -2.81. The summed E-state index contributed by atoms with van der Waals surface area (Å²) in [6.45, 7) is 3.57. The van der Waals surface area contributed by atoms with E-state index in [1.54, 1.807) is 0 Å². The SMILES string of the molecule is CN1CCN(c2ncc(NC(=O)Nc3cc(F)cc(F)c3)cn2)CC1. The van der Waals surface area contributed by atoms with E-state index in [0.29, 0.717) is 11.6 Å². The van der Waals surface area contributed by atoms with Gasteiger partial charge in [0, 0.05) is 37.9 Å². The molecular formula is C16H18F2N6O. The van der Waals surface area contributed by atoms with Crippen LogP contribution in [0.15, 0.2) is 30.6 Å². The van der Waals surface area contributed by atoms with Gasteiger partial charge >= 0.3 is 6.03 Å². The first-order chi connectivity index (χ1) is 12.0. The first-order valence-corrected chi connectivity index (χ1v) is 7.79. The summed E-state index contributed by atoms with van der Waals surface area (Å²) in [5.74, 6) is -0.934. The number of amides is 2. The molecule has 1 fully saturated rings. The minimum absolute atomic E-state index is 0.0185. The third kappa shape index (κ3) is 4.60. The number of nitrogens with zero attached hydrogens (tertiary/aromatic N) is 4. The van der Waals surface area contributed by atoms with Crippen molar-refractivity contribution in [2.75, 3.05) is 48.8 Å². The molecule has 0 atom stereocenters. The molecule has 0 aliphatic carbocycles. The number of benzene rings is 1. The Bertz CT molecular complexity index is 727. The highest BCUT2D eigenvalue weighted by molar-refractivity contribution is 5.99. The predicted octanol–water partition coefficient (Wildman–Crippen LogP) is 2.15. The van der Waals surface area contributed by atoms with Crippen LogP contribution in [0.4, 0.5) is 30.9 Å². The van der Waals surface area contributed by atoms with E-state index in [9.17, 15) is 13.6 Å². The fraction of sp³-hybridized carbons (Fsp3) is 0.312. The number of nitrogens with one attached hydrogen (secondary N) is 2. The van der Waals surface area contributed by atoms with Crippen molar-refractivity contribution in [2.45, 2.75) is 0 Å². The van der Waals surface area contributed by atoms with E-state index in [2.05, 4.69) is 37.4 Å². The minimum atomic E-state index is -0.768. The number of carbonyl (C=O) groups excluding carboxylic acids is 1. The summed E-state index contributed by atoms with van der Waals surface area (Å²) >= 11 is 0. The van der Waals surface area contributed by atoms with Gasteiger partial charge in [-0.3, -0.25) is 0 Å². The zero-order valence-corrected chi connectivity index (χ0v) is 13.7. The van der Waals surface area contributed by atoms with Crippen molar-refractivity contribution in [3.05, 3.63) is 42.2 Å². The minimum Gasteiger partial charge on any atom is -0.338 e. The fourth-order valence-electron chi connectivity index (χ4n) is 2.47.